The predicted octanol–water partition coefficient (Wildman–Crippen LogP) is 2.27. The second kappa shape index (κ2) is 5.19. The molecule has 0 saturated carbocycles. The second-order valence-corrected chi connectivity index (χ2v) is 5.94. The van der Waals surface area contributed by atoms with Crippen LogP contribution >= 0.6 is 0 Å². The fraction of sp³-hybridized carbons (Fsp3) is 0.438. The Morgan fingerprint density at radius 3 is 2.68 bits per heavy atom. The van der Waals surface area contributed by atoms with E-state index in [-0.39, 0.29) is 5.82 Å². The van der Waals surface area contributed by atoms with Crippen molar-refractivity contribution in [2.75, 3.05) is 36.5 Å². The van der Waals surface area contributed by atoms with Crippen molar-refractivity contribution in [3.05, 3.63) is 29.8 Å². The van der Waals surface area contributed by atoms with Crippen LogP contribution in [0.2, 0.25) is 0 Å². The van der Waals surface area contributed by atoms with E-state index in [0.29, 0.717) is 11.6 Å². The lowest BCUT2D eigenvalue weighted by atomic mass is 10.1. The molecule has 0 amide bonds. The van der Waals surface area contributed by atoms with Crippen LogP contribution in [0.4, 0.5) is 16.0 Å². The number of hydrogen-bond acceptors (Lipinski definition) is 5. The Bertz CT molecular complexity index is 712. The average Bonchev–Trinajstić information content (AvgIpc) is 3.18. The Balaban J connectivity index is 1.72. The molecule has 4 heterocycles. The number of hydrogen-bond donors (Lipinski definition) is 0. The van der Waals surface area contributed by atoms with Crippen molar-refractivity contribution in [3.63, 3.8) is 0 Å². The molecule has 0 unspecified atom stereocenters. The Labute approximate surface area is 128 Å². The lowest BCUT2D eigenvalue weighted by Crippen LogP contribution is -2.21. The topological polar surface area (TPSA) is 45.2 Å². The summed E-state index contributed by atoms with van der Waals surface area (Å²) in [6, 6.07) is 2.08. The van der Waals surface area contributed by atoms with E-state index in [4.69, 9.17) is 0 Å². The van der Waals surface area contributed by atoms with Gasteiger partial charge in [0.05, 0.1) is 6.20 Å². The van der Waals surface area contributed by atoms with Crippen LogP contribution in [0.25, 0.3) is 11.4 Å². The summed E-state index contributed by atoms with van der Waals surface area (Å²) >= 11 is 0. The highest BCUT2D eigenvalue weighted by molar-refractivity contribution is 5.63. The molecule has 22 heavy (non-hydrogen) atoms. The molecule has 2 aliphatic heterocycles. The van der Waals surface area contributed by atoms with Gasteiger partial charge >= 0.3 is 0 Å². The number of likely N-dealkylation sites (N-methyl/N-ethyl adjacent to an activating group) is 1. The first kappa shape index (κ1) is 13.4. The van der Waals surface area contributed by atoms with Gasteiger partial charge in [-0.05, 0) is 30.9 Å². The fourth-order valence-electron chi connectivity index (χ4n) is 3.20. The zero-order valence-electron chi connectivity index (χ0n) is 12.6. The Hall–Kier alpha value is -2.24. The van der Waals surface area contributed by atoms with Gasteiger partial charge in [-0.2, -0.15) is 0 Å². The summed E-state index contributed by atoms with van der Waals surface area (Å²) in [6.07, 6.45) is 6.21. The van der Waals surface area contributed by atoms with Gasteiger partial charge in [-0.1, -0.05) is 0 Å². The van der Waals surface area contributed by atoms with Crippen molar-refractivity contribution in [1.29, 1.82) is 0 Å². The average molecular weight is 299 g/mol. The van der Waals surface area contributed by atoms with E-state index in [1.807, 2.05) is 11.9 Å². The third-order valence-electron chi connectivity index (χ3n) is 4.41. The summed E-state index contributed by atoms with van der Waals surface area (Å²) < 4.78 is 14.0. The summed E-state index contributed by atoms with van der Waals surface area (Å²) in [7, 11) is 2.04. The summed E-state index contributed by atoms with van der Waals surface area (Å²) in [5, 5.41) is 0. The molecule has 0 aromatic carbocycles. The Morgan fingerprint density at radius 2 is 1.86 bits per heavy atom. The standard InChI is InChI=1S/C16H18FN5/c1-21-7-4-11-8-12(9-19-15(11)21)14-18-10-13(17)16(20-14)22-5-2-3-6-22/h8-10H,2-7H2,1H3. The molecule has 6 heteroatoms. The van der Waals surface area contributed by atoms with E-state index in [2.05, 4.69) is 25.9 Å². The van der Waals surface area contributed by atoms with Crippen LogP contribution in [0.3, 0.4) is 0 Å². The quantitative estimate of drug-likeness (QED) is 0.851. The number of aromatic nitrogens is 3. The summed E-state index contributed by atoms with van der Waals surface area (Å²) in [4.78, 5) is 17.3. The molecular weight excluding hydrogens is 281 g/mol. The number of rotatable bonds is 2. The molecule has 1 fully saturated rings. The first-order valence-electron chi connectivity index (χ1n) is 7.70. The van der Waals surface area contributed by atoms with E-state index < -0.39 is 0 Å². The van der Waals surface area contributed by atoms with Gasteiger partial charge in [0.2, 0.25) is 0 Å². The highest BCUT2D eigenvalue weighted by Gasteiger charge is 2.21. The van der Waals surface area contributed by atoms with Crippen molar-refractivity contribution >= 4 is 11.6 Å². The van der Waals surface area contributed by atoms with Crippen LogP contribution in [0.15, 0.2) is 18.5 Å². The van der Waals surface area contributed by atoms with Crippen LogP contribution in [0.1, 0.15) is 18.4 Å². The molecule has 0 bridgehead atoms. The van der Waals surface area contributed by atoms with Gasteiger partial charge in [0.25, 0.3) is 0 Å². The van der Waals surface area contributed by atoms with E-state index in [9.17, 15) is 4.39 Å². The largest absolute Gasteiger partial charge is 0.359 e. The molecule has 2 aliphatic rings. The normalized spacial score (nSPS) is 17.2. The SMILES string of the molecule is CN1CCc2cc(-c3ncc(F)c(N4CCCC4)n3)cnc21. The van der Waals surface area contributed by atoms with Gasteiger partial charge in [-0.3, -0.25) is 0 Å². The van der Waals surface area contributed by atoms with Gasteiger partial charge in [-0.25, -0.2) is 19.3 Å². The van der Waals surface area contributed by atoms with E-state index >= 15 is 0 Å². The first-order valence-corrected chi connectivity index (χ1v) is 7.70. The zero-order valence-corrected chi connectivity index (χ0v) is 12.6. The Kier molecular flexibility index (Phi) is 3.17. The third kappa shape index (κ3) is 2.19. The molecule has 2 aromatic heterocycles. The molecule has 4 rings (SSSR count). The number of pyridine rings is 1. The Morgan fingerprint density at radius 1 is 1.05 bits per heavy atom. The smallest absolute Gasteiger partial charge is 0.183 e. The van der Waals surface area contributed by atoms with E-state index in [1.54, 1.807) is 6.20 Å². The maximum Gasteiger partial charge on any atom is 0.183 e. The minimum Gasteiger partial charge on any atom is -0.359 e. The lowest BCUT2D eigenvalue weighted by molar-refractivity contribution is 0.609. The van der Waals surface area contributed by atoms with Crippen molar-refractivity contribution in [2.45, 2.75) is 19.3 Å². The molecule has 0 atom stereocenters. The minimum atomic E-state index is -0.348. The van der Waals surface area contributed by atoms with Crippen molar-refractivity contribution in [2.24, 2.45) is 0 Å². The first-order chi connectivity index (χ1) is 10.7. The predicted molar refractivity (Wildman–Crippen MR) is 83.6 cm³/mol. The van der Waals surface area contributed by atoms with Crippen LogP contribution in [0.5, 0.6) is 0 Å². The van der Waals surface area contributed by atoms with Crippen LogP contribution in [-0.4, -0.2) is 41.6 Å². The lowest BCUT2D eigenvalue weighted by Gasteiger charge is -2.17. The molecule has 114 valence electrons. The monoisotopic (exact) mass is 299 g/mol. The maximum atomic E-state index is 14.0. The van der Waals surface area contributed by atoms with Gasteiger partial charge < -0.3 is 9.80 Å². The molecule has 0 radical (unpaired) electrons. The van der Waals surface area contributed by atoms with E-state index in [0.717, 1.165) is 50.3 Å². The number of halogens is 1. The molecule has 1 saturated heterocycles. The highest BCUT2D eigenvalue weighted by Crippen LogP contribution is 2.29. The van der Waals surface area contributed by atoms with Crippen molar-refractivity contribution in [1.82, 2.24) is 15.0 Å². The summed E-state index contributed by atoms with van der Waals surface area (Å²) in [5.74, 6) is 1.64. The van der Waals surface area contributed by atoms with E-state index in [1.165, 1.54) is 11.8 Å². The molecule has 0 aliphatic carbocycles. The highest BCUT2D eigenvalue weighted by atomic mass is 19.1. The van der Waals surface area contributed by atoms with Gasteiger partial charge in [-0.15, -0.1) is 0 Å². The summed E-state index contributed by atoms with van der Waals surface area (Å²) in [5.41, 5.74) is 2.06. The molecular formula is C16H18FN5. The molecule has 5 nitrogen and oxygen atoms in total. The molecule has 0 N–H and O–H groups in total. The van der Waals surface area contributed by atoms with Crippen LogP contribution < -0.4 is 9.80 Å². The van der Waals surface area contributed by atoms with Gasteiger partial charge in [0.1, 0.15) is 5.82 Å². The van der Waals surface area contributed by atoms with Crippen LogP contribution in [-0.2, 0) is 6.42 Å². The number of nitrogens with zero attached hydrogens (tertiary/aromatic N) is 5. The minimum absolute atomic E-state index is 0.348. The number of fused-ring (bicyclic) bond motifs is 1. The summed E-state index contributed by atoms with van der Waals surface area (Å²) in [6.45, 7) is 2.70. The van der Waals surface area contributed by atoms with Crippen molar-refractivity contribution in [3.8, 4) is 11.4 Å². The van der Waals surface area contributed by atoms with Crippen LogP contribution in [0, 0.1) is 5.82 Å². The third-order valence-corrected chi connectivity index (χ3v) is 4.41. The van der Waals surface area contributed by atoms with Gasteiger partial charge in [0.15, 0.2) is 17.5 Å². The maximum absolute atomic E-state index is 14.0. The molecule has 2 aromatic rings. The number of anilines is 2. The zero-order chi connectivity index (χ0) is 15.1. The van der Waals surface area contributed by atoms with Crippen molar-refractivity contribution < 1.29 is 4.39 Å². The van der Waals surface area contributed by atoms with Gasteiger partial charge in [0, 0.05) is 38.4 Å². The second-order valence-electron chi connectivity index (χ2n) is 5.94. The fourth-order valence-corrected chi connectivity index (χ4v) is 3.20. The molecule has 0 spiro atoms.